The average Bonchev–Trinajstić information content (AvgIpc) is 2.90. The summed E-state index contributed by atoms with van der Waals surface area (Å²) >= 11 is 0. The van der Waals surface area contributed by atoms with E-state index < -0.39 is 0 Å². The first-order chi connectivity index (χ1) is 9.78. The second kappa shape index (κ2) is 6.27. The molecule has 2 saturated heterocycles. The molecule has 3 atom stereocenters. The fourth-order valence-electron chi connectivity index (χ4n) is 4.37. The molecule has 0 aromatic carbocycles. The van der Waals surface area contributed by atoms with Crippen molar-refractivity contribution in [1.82, 2.24) is 20.0 Å². The predicted molar refractivity (Wildman–Crippen MR) is 81.7 cm³/mol. The van der Waals surface area contributed by atoms with Gasteiger partial charge in [-0.25, -0.2) is 0 Å². The van der Waals surface area contributed by atoms with Gasteiger partial charge in [0.15, 0.2) is 0 Å². The van der Waals surface area contributed by atoms with Crippen LogP contribution in [0.4, 0.5) is 0 Å². The zero-order valence-corrected chi connectivity index (χ0v) is 12.8. The third kappa shape index (κ3) is 2.91. The molecule has 3 rings (SSSR count). The molecule has 0 aliphatic carbocycles. The molecule has 0 radical (unpaired) electrons. The Bertz CT molecular complexity index is 389. The maximum Gasteiger partial charge on any atom is 0.0562 e. The number of piperidine rings is 2. The van der Waals surface area contributed by atoms with Crippen LogP contribution in [0.15, 0.2) is 18.5 Å². The van der Waals surface area contributed by atoms with Crippen molar-refractivity contribution in [2.75, 3.05) is 6.54 Å². The van der Waals surface area contributed by atoms with Crippen molar-refractivity contribution in [3.63, 3.8) is 0 Å². The third-order valence-corrected chi connectivity index (χ3v) is 5.04. The van der Waals surface area contributed by atoms with Gasteiger partial charge < -0.3 is 5.32 Å². The first-order valence-corrected chi connectivity index (χ1v) is 8.26. The summed E-state index contributed by atoms with van der Waals surface area (Å²) in [5.41, 5.74) is 0. The standard InChI is InChI=1S/C16H28N4/c1-3-17-14-10-15-6-4-7-16(11-14)20(15)13(2)12-19-9-5-8-18-19/h5,8-9,13-17H,3-4,6-7,10-12H2,1-2H3. The first kappa shape index (κ1) is 14.1. The summed E-state index contributed by atoms with van der Waals surface area (Å²) in [7, 11) is 0. The molecule has 1 N–H and O–H groups in total. The Balaban J connectivity index is 1.66. The predicted octanol–water partition coefficient (Wildman–Crippen LogP) is 2.27. The van der Waals surface area contributed by atoms with Crippen LogP contribution >= 0.6 is 0 Å². The molecule has 20 heavy (non-hydrogen) atoms. The van der Waals surface area contributed by atoms with Gasteiger partial charge in [-0.15, -0.1) is 0 Å². The van der Waals surface area contributed by atoms with Crippen molar-refractivity contribution in [3.8, 4) is 0 Å². The van der Waals surface area contributed by atoms with Gasteiger partial charge in [0.05, 0.1) is 6.54 Å². The summed E-state index contributed by atoms with van der Waals surface area (Å²) in [4.78, 5) is 2.80. The summed E-state index contributed by atoms with van der Waals surface area (Å²) < 4.78 is 2.08. The van der Waals surface area contributed by atoms with Gasteiger partial charge in [0.1, 0.15) is 0 Å². The van der Waals surface area contributed by atoms with Crippen molar-refractivity contribution in [1.29, 1.82) is 0 Å². The summed E-state index contributed by atoms with van der Waals surface area (Å²) in [5, 5.41) is 8.04. The molecular formula is C16H28N4. The topological polar surface area (TPSA) is 33.1 Å². The zero-order valence-electron chi connectivity index (χ0n) is 12.8. The SMILES string of the molecule is CCNC1CC2CCCC(C1)N2C(C)Cn1cccn1. The maximum absolute atomic E-state index is 4.37. The van der Waals surface area contributed by atoms with E-state index in [0.717, 1.165) is 31.2 Å². The van der Waals surface area contributed by atoms with Gasteiger partial charge in [-0.1, -0.05) is 13.3 Å². The molecular weight excluding hydrogens is 248 g/mol. The molecule has 0 saturated carbocycles. The Morgan fingerprint density at radius 1 is 1.30 bits per heavy atom. The Kier molecular flexibility index (Phi) is 4.41. The molecule has 0 amide bonds. The quantitative estimate of drug-likeness (QED) is 0.895. The van der Waals surface area contributed by atoms with Crippen molar-refractivity contribution >= 4 is 0 Å². The second-order valence-electron chi connectivity index (χ2n) is 6.49. The smallest absolute Gasteiger partial charge is 0.0562 e. The van der Waals surface area contributed by atoms with Crippen molar-refractivity contribution < 1.29 is 0 Å². The Morgan fingerprint density at radius 3 is 2.65 bits per heavy atom. The minimum Gasteiger partial charge on any atom is -0.314 e. The van der Waals surface area contributed by atoms with Crippen molar-refractivity contribution in [2.24, 2.45) is 0 Å². The molecule has 1 aromatic rings. The van der Waals surface area contributed by atoms with Crippen LogP contribution in [0.1, 0.15) is 46.0 Å². The minimum atomic E-state index is 0.591. The van der Waals surface area contributed by atoms with Gasteiger partial charge in [-0.2, -0.15) is 5.10 Å². The summed E-state index contributed by atoms with van der Waals surface area (Å²) in [6, 6.07) is 4.90. The highest BCUT2D eigenvalue weighted by Gasteiger charge is 2.40. The second-order valence-corrected chi connectivity index (χ2v) is 6.49. The number of hydrogen-bond donors (Lipinski definition) is 1. The van der Waals surface area contributed by atoms with E-state index in [9.17, 15) is 0 Å². The highest BCUT2D eigenvalue weighted by Crippen LogP contribution is 2.35. The summed E-state index contributed by atoms with van der Waals surface area (Å²) in [6.45, 7) is 6.72. The van der Waals surface area contributed by atoms with Crippen LogP contribution in [-0.4, -0.2) is 45.4 Å². The van der Waals surface area contributed by atoms with Gasteiger partial charge in [0.2, 0.25) is 0 Å². The Labute approximate surface area is 122 Å². The maximum atomic E-state index is 4.37. The molecule has 2 aliphatic rings. The average molecular weight is 276 g/mol. The first-order valence-electron chi connectivity index (χ1n) is 8.26. The van der Waals surface area contributed by atoms with Gasteiger partial charge >= 0.3 is 0 Å². The third-order valence-electron chi connectivity index (χ3n) is 5.04. The molecule has 3 heterocycles. The van der Waals surface area contributed by atoms with E-state index in [4.69, 9.17) is 0 Å². The van der Waals surface area contributed by atoms with Crippen molar-refractivity contribution in [3.05, 3.63) is 18.5 Å². The number of fused-ring (bicyclic) bond motifs is 2. The fourth-order valence-corrected chi connectivity index (χ4v) is 4.37. The van der Waals surface area contributed by atoms with Gasteiger partial charge in [-0.05, 0) is 45.2 Å². The van der Waals surface area contributed by atoms with Crippen LogP contribution in [0.5, 0.6) is 0 Å². The van der Waals surface area contributed by atoms with Crippen LogP contribution < -0.4 is 5.32 Å². The lowest BCUT2D eigenvalue weighted by Gasteiger charge is -2.51. The van der Waals surface area contributed by atoms with Gasteiger partial charge in [0, 0.05) is 36.6 Å². The number of hydrogen-bond acceptors (Lipinski definition) is 3. The number of nitrogens with one attached hydrogen (secondary N) is 1. The lowest BCUT2D eigenvalue weighted by atomic mass is 9.80. The molecule has 4 heteroatoms. The van der Waals surface area contributed by atoms with E-state index in [1.165, 1.54) is 32.1 Å². The monoisotopic (exact) mass is 276 g/mol. The Morgan fingerprint density at radius 2 is 2.05 bits per heavy atom. The molecule has 4 nitrogen and oxygen atoms in total. The molecule has 2 fully saturated rings. The lowest BCUT2D eigenvalue weighted by Crippen LogP contribution is -2.59. The van der Waals surface area contributed by atoms with E-state index in [1.54, 1.807) is 0 Å². The molecule has 112 valence electrons. The molecule has 2 bridgehead atoms. The van der Waals surface area contributed by atoms with Gasteiger partial charge in [0.25, 0.3) is 0 Å². The number of aromatic nitrogens is 2. The highest BCUT2D eigenvalue weighted by atomic mass is 15.3. The summed E-state index contributed by atoms with van der Waals surface area (Å²) in [5.74, 6) is 0. The number of rotatable bonds is 5. The van der Waals surface area contributed by atoms with Crippen LogP contribution in [-0.2, 0) is 6.54 Å². The molecule has 1 aromatic heterocycles. The largest absolute Gasteiger partial charge is 0.314 e. The number of nitrogens with zero attached hydrogens (tertiary/aromatic N) is 3. The normalized spacial score (nSPS) is 32.2. The van der Waals surface area contributed by atoms with E-state index in [0.29, 0.717) is 6.04 Å². The van der Waals surface area contributed by atoms with Crippen molar-refractivity contribution in [2.45, 2.75) is 76.7 Å². The van der Waals surface area contributed by atoms with Gasteiger partial charge in [-0.3, -0.25) is 9.58 Å². The van der Waals surface area contributed by atoms with Crippen LogP contribution in [0.3, 0.4) is 0 Å². The van der Waals surface area contributed by atoms with E-state index in [1.807, 2.05) is 12.3 Å². The fraction of sp³-hybridized carbons (Fsp3) is 0.812. The summed E-state index contributed by atoms with van der Waals surface area (Å²) in [6.07, 6.45) is 10.8. The minimum absolute atomic E-state index is 0.591. The van der Waals surface area contributed by atoms with Crippen LogP contribution in [0.25, 0.3) is 0 Å². The van der Waals surface area contributed by atoms with Crippen LogP contribution in [0, 0.1) is 0 Å². The molecule has 2 aliphatic heterocycles. The zero-order chi connectivity index (χ0) is 13.9. The lowest BCUT2D eigenvalue weighted by molar-refractivity contribution is -0.0109. The van der Waals surface area contributed by atoms with E-state index in [-0.39, 0.29) is 0 Å². The molecule has 0 spiro atoms. The Hall–Kier alpha value is -0.870. The van der Waals surface area contributed by atoms with E-state index >= 15 is 0 Å². The van der Waals surface area contributed by atoms with E-state index in [2.05, 4.69) is 40.0 Å². The molecule has 3 unspecified atom stereocenters. The highest BCUT2D eigenvalue weighted by molar-refractivity contribution is 4.97. The van der Waals surface area contributed by atoms with Crippen LogP contribution in [0.2, 0.25) is 0 Å².